The van der Waals surface area contributed by atoms with Crippen LogP contribution in [0.2, 0.25) is 0 Å². The molecule has 0 fully saturated rings. The Hall–Kier alpha value is -4.09. The number of aromatic hydroxyl groups is 1. The van der Waals surface area contributed by atoms with Crippen LogP contribution < -0.4 is 21.9 Å². The lowest BCUT2D eigenvalue weighted by molar-refractivity contribution is 0.480. The Kier molecular flexibility index (Phi) is 4.96. The van der Waals surface area contributed by atoms with E-state index in [1.54, 1.807) is 16.7 Å². The number of phenols is 1. The summed E-state index contributed by atoms with van der Waals surface area (Å²) in [5.74, 6) is 0.371. The molecule has 2 aromatic carbocycles. The maximum Gasteiger partial charge on any atom is 0.267 e. The van der Waals surface area contributed by atoms with Crippen molar-refractivity contribution in [1.82, 2.24) is 15.2 Å². The summed E-state index contributed by atoms with van der Waals surface area (Å²) in [6.45, 7) is 1.88. The number of nitrogens with zero attached hydrogens (tertiary/aromatic N) is 3. The zero-order valence-electron chi connectivity index (χ0n) is 16.2. The second-order valence-corrected chi connectivity index (χ2v) is 6.92. The van der Waals surface area contributed by atoms with E-state index in [0.717, 1.165) is 0 Å². The van der Waals surface area contributed by atoms with Crippen molar-refractivity contribution in [3.05, 3.63) is 82.0 Å². The number of hydrogen-bond acceptors (Lipinski definition) is 7. The molecule has 5 N–H and O–H groups in total. The molecular weight excluding hydrogens is 380 g/mol. The SMILES string of the molecule is C[C@H](NC1=C(C#N)C=NC(N)N1)c1cc2cccc(O)c2c(=O)n1-c1ccccc1. The highest BCUT2D eigenvalue weighted by atomic mass is 16.3. The molecule has 1 unspecified atom stereocenters. The van der Waals surface area contributed by atoms with Gasteiger partial charge in [-0.2, -0.15) is 5.26 Å². The van der Waals surface area contributed by atoms with Crippen molar-refractivity contribution >= 4 is 17.0 Å². The van der Waals surface area contributed by atoms with E-state index < -0.39 is 6.29 Å². The number of nitriles is 1. The van der Waals surface area contributed by atoms with Gasteiger partial charge < -0.3 is 15.7 Å². The maximum atomic E-state index is 13.4. The summed E-state index contributed by atoms with van der Waals surface area (Å²) in [7, 11) is 0. The number of rotatable bonds is 4. The lowest BCUT2D eigenvalue weighted by Gasteiger charge is -2.26. The van der Waals surface area contributed by atoms with Crippen LogP contribution in [0.3, 0.4) is 0 Å². The highest BCUT2D eigenvalue weighted by Crippen LogP contribution is 2.26. The Balaban J connectivity index is 1.90. The average Bonchev–Trinajstić information content (AvgIpc) is 2.74. The van der Waals surface area contributed by atoms with Gasteiger partial charge in [-0.05, 0) is 36.6 Å². The van der Waals surface area contributed by atoms with E-state index in [1.807, 2.05) is 43.3 Å². The molecule has 8 nitrogen and oxygen atoms in total. The summed E-state index contributed by atoms with van der Waals surface area (Å²) in [4.78, 5) is 17.4. The minimum Gasteiger partial charge on any atom is -0.507 e. The van der Waals surface area contributed by atoms with Gasteiger partial charge in [0.25, 0.3) is 5.56 Å². The number of para-hydroxylation sites is 1. The average molecular weight is 400 g/mol. The molecule has 4 rings (SSSR count). The van der Waals surface area contributed by atoms with Crippen LogP contribution in [0, 0.1) is 11.3 Å². The quantitative estimate of drug-likeness (QED) is 0.530. The minimum absolute atomic E-state index is 0.0695. The Morgan fingerprint density at radius 2 is 2.03 bits per heavy atom. The van der Waals surface area contributed by atoms with E-state index >= 15 is 0 Å². The number of nitrogens with one attached hydrogen (secondary N) is 2. The first-order chi connectivity index (χ1) is 14.5. The van der Waals surface area contributed by atoms with Gasteiger partial charge in [-0.3, -0.25) is 20.1 Å². The van der Waals surface area contributed by atoms with Crippen molar-refractivity contribution in [2.45, 2.75) is 19.3 Å². The highest BCUT2D eigenvalue weighted by molar-refractivity contribution is 5.88. The molecule has 0 amide bonds. The van der Waals surface area contributed by atoms with Gasteiger partial charge in [0, 0.05) is 17.6 Å². The Morgan fingerprint density at radius 1 is 1.27 bits per heavy atom. The summed E-state index contributed by atoms with van der Waals surface area (Å²) in [6, 6.07) is 17.7. The highest BCUT2D eigenvalue weighted by Gasteiger charge is 2.21. The van der Waals surface area contributed by atoms with Crippen molar-refractivity contribution in [2.24, 2.45) is 10.7 Å². The number of aliphatic imine (C=N–C) groups is 1. The molecular formula is C22H20N6O2. The van der Waals surface area contributed by atoms with Crippen LogP contribution in [0.1, 0.15) is 18.7 Å². The van der Waals surface area contributed by atoms with Crippen LogP contribution >= 0.6 is 0 Å². The zero-order valence-corrected chi connectivity index (χ0v) is 16.2. The van der Waals surface area contributed by atoms with Crippen molar-refractivity contribution in [3.63, 3.8) is 0 Å². The van der Waals surface area contributed by atoms with E-state index in [4.69, 9.17) is 5.73 Å². The molecule has 8 heteroatoms. The van der Waals surface area contributed by atoms with E-state index in [9.17, 15) is 15.2 Å². The van der Waals surface area contributed by atoms with E-state index in [0.29, 0.717) is 28.2 Å². The van der Waals surface area contributed by atoms with E-state index in [2.05, 4.69) is 21.7 Å². The summed E-state index contributed by atoms with van der Waals surface area (Å²) in [5, 5.41) is 26.7. The fourth-order valence-electron chi connectivity index (χ4n) is 3.50. The molecule has 0 spiro atoms. The molecule has 30 heavy (non-hydrogen) atoms. The fraction of sp³-hybridized carbons (Fsp3) is 0.136. The van der Waals surface area contributed by atoms with Crippen LogP contribution in [0.25, 0.3) is 16.5 Å². The van der Waals surface area contributed by atoms with E-state index in [1.165, 1.54) is 12.3 Å². The third-order valence-electron chi connectivity index (χ3n) is 4.92. The first-order valence-corrected chi connectivity index (χ1v) is 9.39. The minimum atomic E-state index is -0.665. The topological polar surface area (TPSA) is 128 Å². The number of nitrogens with two attached hydrogens (primary N) is 1. The predicted molar refractivity (Wildman–Crippen MR) is 115 cm³/mol. The van der Waals surface area contributed by atoms with Gasteiger partial charge in [0.2, 0.25) is 0 Å². The van der Waals surface area contributed by atoms with Crippen molar-refractivity contribution in [1.29, 1.82) is 5.26 Å². The van der Waals surface area contributed by atoms with Crippen LogP contribution in [-0.2, 0) is 0 Å². The molecule has 1 aliphatic rings. The fourth-order valence-corrected chi connectivity index (χ4v) is 3.50. The second kappa shape index (κ2) is 7.73. The molecule has 1 aromatic heterocycles. The van der Waals surface area contributed by atoms with Crippen LogP contribution in [-0.4, -0.2) is 22.2 Å². The van der Waals surface area contributed by atoms with Gasteiger partial charge in [-0.25, -0.2) is 0 Å². The Bertz CT molecular complexity index is 1270. The second-order valence-electron chi connectivity index (χ2n) is 6.92. The number of hydrogen-bond donors (Lipinski definition) is 4. The van der Waals surface area contributed by atoms with Gasteiger partial charge in [0.05, 0.1) is 11.4 Å². The van der Waals surface area contributed by atoms with Crippen molar-refractivity contribution in [2.75, 3.05) is 0 Å². The molecule has 2 atom stereocenters. The molecule has 0 saturated carbocycles. The largest absolute Gasteiger partial charge is 0.507 e. The number of pyridine rings is 1. The molecule has 0 saturated heterocycles. The van der Waals surface area contributed by atoms with Crippen LogP contribution in [0.4, 0.5) is 0 Å². The smallest absolute Gasteiger partial charge is 0.267 e. The standard InChI is InChI=1S/C22H20N6O2/c1-13(26-20-15(11-23)12-25-22(24)27-20)17-10-14-6-5-9-18(29)19(14)21(30)28(17)16-7-3-2-4-8-16/h2-10,12-13,22,26-27,29H,24H2,1H3/t13-,22?/m0/s1. The third-order valence-corrected chi connectivity index (χ3v) is 4.92. The van der Waals surface area contributed by atoms with E-state index in [-0.39, 0.29) is 22.7 Å². The van der Waals surface area contributed by atoms with Crippen molar-refractivity contribution in [3.8, 4) is 17.5 Å². The number of aromatic nitrogens is 1. The summed E-state index contributed by atoms with van der Waals surface area (Å²) < 4.78 is 1.56. The summed E-state index contributed by atoms with van der Waals surface area (Å²) in [6.07, 6.45) is 0.750. The Labute approximate surface area is 172 Å². The molecule has 0 aliphatic carbocycles. The number of benzene rings is 2. The number of fused-ring (bicyclic) bond motifs is 1. The molecule has 0 bridgehead atoms. The molecule has 150 valence electrons. The lowest BCUT2D eigenvalue weighted by Crippen LogP contribution is -2.44. The van der Waals surface area contributed by atoms with Crippen LogP contribution in [0.15, 0.2) is 75.8 Å². The first kappa shape index (κ1) is 19.2. The van der Waals surface area contributed by atoms with Gasteiger partial charge in [-0.15, -0.1) is 0 Å². The maximum absolute atomic E-state index is 13.4. The number of allylic oxidation sites excluding steroid dienone is 1. The van der Waals surface area contributed by atoms with Crippen LogP contribution in [0.5, 0.6) is 5.75 Å². The molecule has 1 aliphatic heterocycles. The summed E-state index contributed by atoms with van der Waals surface area (Å²) in [5.41, 5.74) is 7.13. The predicted octanol–water partition coefficient (Wildman–Crippen LogP) is 2.00. The Morgan fingerprint density at radius 3 is 2.77 bits per heavy atom. The monoisotopic (exact) mass is 400 g/mol. The summed E-state index contributed by atoms with van der Waals surface area (Å²) >= 11 is 0. The number of phenolic OH excluding ortho intramolecular Hbond substituents is 1. The molecule has 3 aromatic rings. The third kappa shape index (κ3) is 3.38. The molecule has 0 radical (unpaired) electrons. The van der Waals surface area contributed by atoms with Gasteiger partial charge in [0.1, 0.15) is 23.2 Å². The first-order valence-electron chi connectivity index (χ1n) is 9.39. The van der Waals surface area contributed by atoms with Gasteiger partial charge in [0.15, 0.2) is 6.29 Å². The normalized spacial score (nSPS) is 16.8. The molecule has 2 heterocycles. The van der Waals surface area contributed by atoms with Crippen molar-refractivity contribution < 1.29 is 5.11 Å². The van der Waals surface area contributed by atoms with Gasteiger partial charge in [-0.1, -0.05) is 30.3 Å². The zero-order chi connectivity index (χ0) is 21.3. The van der Waals surface area contributed by atoms with Gasteiger partial charge >= 0.3 is 0 Å². The lowest BCUT2D eigenvalue weighted by atomic mass is 10.1.